The topological polar surface area (TPSA) is 150 Å². The van der Waals surface area contributed by atoms with Gasteiger partial charge in [0.25, 0.3) is 0 Å². The Morgan fingerprint density at radius 2 is 0.806 bits per heavy atom. The van der Waals surface area contributed by atoms with Crippen LogP contribution in [0.1, 0.15) is 189 Å². The summed E-state index contributed by atoms with van der Waals surface area (Å²) in [6.07, 6.45) is 9.91. The van der Waals surface area contributed by atoms with E-state index in [0.29, 0.717) is 35.8 Å². The first kappa shape index (κ1) is 51.4. The van der Waals surface area contributed by atoms with Crippen LogP contribution in [0.2, 0.25) is 0 Å². The van der Waals surface area contributed by atoms with Gasteiger partial charge in [0.2, 0.25) is 23.8 Å². The van der Waals surface area contributed by atoms with E-state index in [1.165, 1.54) is 0 Å². The molecule has 0 aromatic carbocycles. The lowest BCUT2D eigenvalue weighted by Gasteiger charge is -2.50. The molecule has 0 unspecified atom stereocenters. The summed E-state index contributed by atoms with van der Waals surface area (Å²) in [5, 5.41) is 15.0. The summed E-state index contributed by atoms with van der Waals surface area (Å²) >= 11 is 0. The summed E-state index contributed by atoms with van der Waals surface area (Å²) in [5.41, 5.74) is -0.383. The smallest absolute Gasteiger partial charge is 0.322 e. The van der Waals surface area contributed by atoms with Crippen molar-refractivity contribution < 1.29 is 9.47 Å². The zero-order chi connectivity index (χ0) is 46.7. The van der Waals surface area contributed by atoms with Crippen molar-refractivity contribution in [2.45, 2.75) is 234 Å². The molecule has 0 amide bonds. The minimum absolute atomic E-state index is 0.0474. The van der Waals surface area contributed by atoms with Crippen molar-refractivity contribution in [3.8, 4) is 12.0 Å². The number of piperidine rings is 2. The molecule has 0 radical (unpaired) electrons. The van der Waals surface area contributed by atoms with Gasteiger partial charge in [0.05, 0.1) is 14.2 Å². The van der Waals surface area contributed by atoms with Crippen molar-refractivity contribution in [1.29, 1.82) is 0 Å². The Morgan fingerprint density at radius 3 is 1.08 bits per heavy atom. The second-order valence-corrected chi connectivity index (χ2v) is 25.1. The minimum Gasteiger partial charge on any atom is -0.467 e. The highest BCUT2D eigenvalue weighted by molar-refractivity contribution is 5.43. The van der Waals surface area contributed by atoms with E-state index in [0.717, 1.165) is 77.3 Å². The van der Waals surface area contributed by atoms with Gasteiger partial charge in [-0.15, -0.1) is 0 Å². The largest absolute Gasteiger partial charge is 0.467 e. The van der Waals surface area contributed by atoms with Crippen LogP contribution in [0.4, 0.5) is 23.8 Å². The molecule has 4 heterocycles. The molecular formula is C48H90N12O2. The van der Waals surface area contributed by atoms with Crippen LogP contribution in [-0.2, 0) is 0 Å². The van der Waals surface area contributed by atoms with Gasteiger partial charge in [0.1, 0.15) is 0 Å². The third-order valence-corrected chi connectivity index (χ3v) is 11.7. The van der Waals surface area contributed by atoms with E-state index >= 15 is 0 Å². The van der Waals surface area contributed by atoms with Gasteiger partial charge in [-0.25, -0.2) is 0 Å². The summed E-state index contributed by atoms with van der Waals surface area (Å²) in [6.45, 7) is 42.5. The molecule has 2 aromatic rings. The van der Waals surface area contributed by atoms with E-state index in [2.05, 4.69) is 166 Å². The molecule has 0 bridgehead atoms. The first-order chi connectivity index (χ1) is 28.2. The van der Waals surface area contributed by atoms with Crippen LogP contribution in [0.25, 0.3) is 0 Å². The molecule has 4 N–H and O–H groups in total. The number of methoxy groups -OCH3 is 2. The maximum atomic E-state index is 5.71. The maximum Gasteiger partial charge on any atom is 0.322 e. The third-order valence-electron chi connectivity index (χ3n) is 11.7. The molecule has 2 aromatic heterocycles. The molecule has 0 aliphatic carbocycles. The zero-order valence-corrected chi connectivity index (χ0v) is 43.0. The number of rotatable bonds is 19. The van der Waals surface area contributed by atoms with E-state index in [1.54, 1.807) is 14.2 Å². The van der Waals surface area contributed by atoms with Crippen LogP contribution in [0, 0.1) is 10.8 Å². The van der Waals surface area contributed by atoms with Crippen LogP contribution in [0.15, 0.2) is 0 Å². The summed E-state index contributed by atoms with van der Waals surface area (Å²) in [7, 11) is 3.27. The van der Waals surface area contributed by atoms with Gasteiger partial charge in [-0.05, 0) is 145 Å². The number of anilines is 4. The number of aromatic nitrogens is 6. The van der Waals surface area contributed by atoms with Crippen molar-refractivity contribution in [3.05, 3.63) is 0 Å². The first-order valence-corrected chi connectivity index (χ1v) is 23.5. The van der Waals surface area contributed by atoms with E-state index in [-0.39, 0.29) is 56.1 Å². The third kappa shape index (κ3) is 16.4. The molecule has 2 aliphatic heterocycles. The highest BCUT2D eigenvalue weighted by atomic mass is 16.5. The number of hydrogen-bond donors (Lipinski definition) is 4. The van der Waals surface area contributed by atoms with Gasteiger partial charge < -0.3 is 40.5 Å². The highest BCUT2D eigenvalue weighted by Crippen LogP contribution is 2.37. The maximum absolute atomic E-state index is 5.71. The molecule has 0 spiro atoms. The Bertz CT molecular complexity index is 1600. The van der Waals surface area contributed by atoms with E-state index in [1.807, 2.05) is 0 Å². The van der Waals surface area contributed by atoms with Gasteiger partial charge in [-0.3, -0.25) is 0 Å². The Balaban J connectivity index is 1.58. The lowest BCUT2D eigenvalue weighted by Crippen LogP contribution is -2.62. The predicted molar refractivity (Wildman–Crippen MR) is 258 cm³/mol. The number of nitrogens with one attached hydrogen (secondary N) is 4. The molecule has 2 fully saturated rings. The summed E-state index contributed by atoms with van der Waals surface area (Å²) in [4.78, 5) is 34.3. The molecule has 0 atom stereocenters. The quantitative estimate of drug-likeness (QED) is 0.0992. The highest BCUT2D eigenvalue weighted by Gasteiger charge is 2.42. The average molecular weight is 867 g/mol. The first-order valence-electron chi connectivity index (χ1n) is 23.5. The molecule has 14 heteroatoms. The summed E-state index contributed by atoms with van der Waals surface area (Å²) in [6, 6.07) is 1.13. The van der Waals surface area contributed by atoms with Gasteiger partial charge in [-0.1, -0.05) is 54.4 Å². The van der Waals surface area contributed by atoms with Gasteiger partial charge in [0, 0.05) is 58.4 Å². The molecule has 2 saturated heterocycles. The normalized spacial score (nSPS) is 19.5. The van der Waals surface area contributed by atoms with Gasteiger partial charge >= 0.3 is 12.0 Å². The van der Waals surface area contributed by atoms with E-state index in [4.69, 9.17) is 29.4 Å². The Morgan fingerprint density at radius 1 is 0.500 bits per heavy atom. The molecular weight excluding hydrogens is 777 g/mol. The second kappa shape index (κ2) is 19.1. The minimum atomic E-state index is -0.230. The Kier molecular flexibility index (Phi) is 15.8. The number of ether oxygens (including phenoxy) is 2. The molecule has 2 aliphatic rings. The second-order valence-electron chi connectivity index (χ2n) is 25.1. The average Bonchev–Trinajstić information content (AvgIpc) is 3.03. The Labute approximate surface area is 377 Å². The Hall–Kier alpha value is -3.26. The fourth-order valence-electron chi connectivity index (χ4n) is 11.4. The molecule has 62 heavy (non-hydrogen) atoms. The van der Waals surface area contributed by atoms with Crippen LogP contribution in [0.3, 0.4) is 0 Å². The summed E-state index contributed by atoms with van der Waals surface area (Å²) in [5.74, 6) is 2.44. The molecule has 0 saturated carbocycles. The van der Waals surface area contributed by atoms with Crippen molar-refractivity contribution >= 4 is 23.8 Å². The monoisotopic (exact) mass is 867 g/mol. The molecule has 4 rings (SSSR count). The standard InChI is InChI=1S/C48H90N12O2/c1-41(2,3)31-47(15,16)55-35-49-37(53-39(51-35)61-19)59(33-27-43(7,8)57-44(9,10)28-33)25-23-21-22-24-26-60(34-29-45(11,12)58-46(13,14)30-34)38-50-36(52-40(54-38)62-20)56-48(17,18)32-42(4,5)6/h33-34,57-58H,21-32H2,1-20H3,(H,49,51,53,55)(H,50,52,54,56). The van der Waals surface area contributed by atoms with Crippen molar-refractivity contribution in [2.75, 3.05) is 47.7 Å². The molecule has 14 nitrogen and oxygen atoms in total. The SMILES string of the molecule is COc1nc(NC(C)(C)CC(C)(C)C)nc(N(CCCCCCN(c2nc(NC(C)(C)CC(C)(C)C)nc(OC)n2)C2CC(C)(C)NC(C)(C)C2)C2CC(C)(C)NC(C)(C)C2)n1. The van der Waals surface area contributed by atoms with Gasteiger partial charge in [-0.2, -0.15) is 29.9 Å². The van der Waals surface area contributed by atoms with Crippen LogP contribution < -0.4 is 40.5 Å². The number of nitrogens with zero attached hydrogens (tertiary/aromatic N) is 8. The molecule has 354 valence electrons. The van der Waals surface area contributed by atoms with Crippen molar-refractivity contribution in [2.24, 2.45) is 10.8 Å². The lowest BCUT2D eigenvalue weighted by atomic mass is 9.79. The van der Waals surface area contributed by atoms with Crippen LogP contribution >= 0.6 is 0 Å². The fraction of sp³-hybridized carbons (Fsp3) is 0.875. The van der Waals surface area contributed by atoms with Crippen molar-refractivity contribution in [1.82, 2.24) is 40.5 Å². The lowest BCUT2D eigenvalue weighted by molar-refractivity contribution is 0.156. The van der Waals surface area contributed by atoms with Crippen LogP contribution in [0.5, 0.6) is 12.0 Å². The fourth-order valence-corrected chi connectivity index (χ4v) is 11.4. The van der Waals surface area contributed by atoms with E-state index in [9.17, 15) is 0 Å². The number of hydrogen-bond acceptors (Lipinski definition) is 14. The van der Waals surface area contributed by atoms with E-state index < -0.39 is 0 Å². The van der Waals surface area contributed by atoms with Crippen molar-refractivity contribution in [3.63, 3.8) is 0 Å². The van der Waals surface area contributed by atoms with Crippen LogP contribution in [-0.4, -0.2) is 103 Å². The summed E-state index contributed by atoms with van der Waals surface area (Å²) < 4.78 is 11.4. The predicted octanol–water partition coefficient (Wildman–Crippen LogP) is 9.82. The number of unbranched alkanes of at least 4 members (excludes halogenated alkanes) is 3. The zero-order valence-electron chi connectivity index (χ0n) is 43.0. The van der Waals surface area contributed by atoms with Gasteiger partial charge in [0.15, 0.2) is 0 Å².